The van der Waals surface area contributed by atoms with Gasteiger partial charge in [0.1, 0.15) is 11.2 Å². The van der Waals surface area contributed by atoms with Gasteiger partial charge in [0, 0.05) is 22.0 Å². The van der Waals surface area contributed by atoms with Crippen LogP contribution < -0.4 is 5.73 Å². The normalized spacial score (nSPS) is 11.9. The molecule has 0 bridgehead atoms. The summed E-state index contributed by atoms with van der Waals surface area (Å²) in [6, 6.07) is 9.63. The summed E-state index contributed by atoms with van der Waals surface area (Å²) in [5.41, 5.74) is 9.09. The summed E-state index contributed by atoms with van der Waals surface area (Å²) in [4.78, 5) is 0. The number of nitrogen functional groups attached to an aromatic ring is 1. The second kappa shape index (κ2) is 4.07. The lowest BCUT2D eigenvalue weighted by Crippen LogP contribution is -1.90. The van der Waals surface area contributed by atoms with E-state index >= 15 is 0 Å². The van der Waals surface area contributed by atoms with Crippen molar-refractivity contribution in [1.29, 1.82) is 0 Å². The van der Waals surface area contributed by atoms with Gasteiger partial charge in [0.2, 0.25) is 0 Å². The number of furan rings is 1. The molecule has 0 saturated heterocycles. The summed E-state index contributed by atoms with van der Waals surface area (Å²) >= 11 is 6.29. The quantitative estimate of drug-likeness (QED) is 0.633. The van der Waals surface area contributed by atoms with Gasteiger partial charge in [-0.3, -0.25) is 0 Å². The average molecular weight is 258 g/mol. The van der Waals surface area contributed by atoms with Gasteiger partial charge in [-0.15, -0.1) is 0 Å². The zero-order valence-electron chi connectivity index (χ0n) is 9.91. The smallest absolute Gasteiger partial charge is 0.146 e. The standard InChI is InChI=1S/C15H12ClNO/c1-2-5-9-12(17)8-11(16)14-10-6-3-4-7-13(10)18-15(9)14/h2-8H,17H2,1H3/b5-2-. The van der Waals surface area contributed by atoms with Crippen molar-refractivity contribution in [2.75, 3.05) is 5.73 Å². The molecular formula is C15H12ClNO. The first-order chi connectivity index (χ1) is 8.72. The van der Waals surface area contributed by atoms with Crippen molar-refractivity contribution in [3.05, 3.63) is 47.0 Å². The van der Waals surface area contributed by atoms with Crippen LogP contribution in [0.4, 0.5) is 5.69 Å². The third-order valence-electron chi connectivity index (χ3n) is 3.01. The Bertz CT molecular complexity index is 771. The SMILES string of the molecule is C/C=C\c1c(N)cc(Cl)c2c1oc1ccccc12. The number of allylic oxidation sites excluding steroid dienone is 1. The van der Waals surface area contributed by atoms with Crippen molar-refractivity contribution in [2.24, 2.45) is 0 Å². The van der Waals surface area contributed by atoms with E-state index in [0.29, 0.717) is 10.7 Å². The Morgan fingerprint density at radius 3 is 2.83 bits per heavy atom. The van der Waals surface area contributed by atoms with Crippen LogP contribution in [0.5, 0.6) is 0 Å². The van der Waals surface area contributed by atoms with Crippen molar-refractivity contribution in [1.82, 2.24) is 0 Å². The molecule has 18 heavy (non-hydrogen) atoms. The molecular weight excluding hydrogens is 246 g/mol. The lowest BCUT2D eigenvalue weighted by molar-refractivity contribution is 0.668. The molecule has 0 aliphatic heterocycles. The van der Waals surface area contributed by atoms with E-state index in [1.54, 1.807) is 6.07 Å². The van der Waals surface area contributed by atoms with Crippen molar-refractivity contribution in [3.63, 3.8) is 0 Å². The molecule has 0 spiro atoms. The molecule has 0 saturated carbocycles. The lowest BCUT2D eigenvalue weighted by atomic mass is 10.1. The van der Waals surface area contributed by atoms with E-state index in [0.717, 1.165) is 27.5 Å². The van der Waals surface area contributed by atoms with Gasteiger partial charge in [0.15, 0.2) is 0 Å². The monoisotopic (exact) mass is 257 g/mol. The predicted octanol–water partition coefficient (Wildman–Crippen LogP) is 4.85. The van der Waals surface area contributed by atoms with Gasteiger partial charge >= 0.3 is 0 Å². The molecule has 90 valence electrons. The summed E-state index contributed by atoms with van der Waals surface area (Å²) in [6.45, 7) is 1.95. The number of benzene rings is 2. The van der Waals surface area contributed by atoms with E-state index in [-0.39, 0.29) is 0 Å². The topological polar surface area (TPSA) is 39.2 Å². The molecule has 0 atom stereocenters. The molecule has 0 aliphatic rings. The molecule has 0 amide bonds. The Morgan fingerprint density at radius 2 is 2.06 bits per heavy atom. The molecule has 2 N–H and O–H groups in total. The van der Waals surface area contributed by atoms with Crippen molar-refractivity contribution < 1.29 is 4.42 Å². The van der Waals surface area contributed by atoms with Gasteiger partial charge in [-0.25, -0.2) is 0 Å². The van der Waals surface area contributed by atoms with Crippen LogP contribution in [0.25, 0.3) is 28.0 Å². The van der Waals surface area contributed by atoms with Crippen LogP contribution in [0.15, 0.2) is 40.8 Å². The number of nitrogens with two attached hydrogens (primary N) is 1. The van der Waals surface area contributed by atoms with E-state index in [2.05, 4.69) is 0 Å². The molecule has 1 heterocycles. The molecule has 0 unspecified atom stereocenters. The third kappa shape index (κ3) is 1.50. The minimum atomic E-state index is 0.626. The Morgan fingerprint density at radius 1 is 1.28 bits per heavy atom. The first kappa shape index (κ1) is 11.2. The van der Waals surface area contributed by atoms with Gasteiger partial charge in [-0.2, -0.15) is 0 Å². The Labute approximate surface area is 110 Å². The first-order valence-corrected chi connectivity index (χ1v) is 6.12. The molecule has 3 heteroatoms. The number of fused-ring (bicyclic) bond motifs is 3. The van der Waals surface area contributed by atoms with Gasteiger partial charge < -0.3 is 10.2 Å². The van der Waals surface area contributed by atoms with Crippen LogP contribution in [0.1, 0.15) is 12.5 Å². The number of rotatable bonds is 1. The highest BCUT2D eigenvalue weighted by Crippen LogP contribution is 2.39. The maximum absolute atomic E-state index is 6.29. The van der Waals surface area contributed by atoms with Gasteiger partial charge in [0.05, 0.1) is 5.02 Å². The molecule has 1 aromatic heterocycles. The third-order valence-corrected chi connectivity index (χ3v) is 3.30. The minimum Gasteiger partial charge on any atom is -0.455 e. The van der Waals surface area contributed by atoms with Gasteiger partial charge in [-0.1, -0.05) is 42.0 Å². The van der Waals surface area contributed by atoms with Crippen LogP contribution >= 0.6 is 11.6 Å². The second-order valence-corrected chi connectivity index (χ2v) is 4.57. The summed E-state index contributed by atoms with van der Waals surface area (Å²) < 4.78 is 5.88. The Kier molecular flexibility index (Phi) is 2.53. The highest BCUT2D eigenvalue weighted by atomic mass is 35.5. The van der Waals surface area contributed by atoms with Crippen LogP contribution in [0.3, 0.4) is 0 Å². The molecule has 3 aromatic rings. The molecule has 0 fully saturated rings. The minimum absolute atomic E-state index is 0.626. The van der Waals surface area contributed by atoms with Crippen LogP contribution in [-0.2, 0) is 0 Å². The summed E-state index contributed by atoms with van der Waals surface area (Å²) in [5, 5.41) is 2.57. The number of para-hydroxylation sites is 1. The maximum Gasteiger partial charge on any atom is 0.146 e. The van der Waals surface area contributed by atoms with E-state index in [1.807, 2.05) is 43.3 Å². The predicted molar refractivity (Wildman–Crippen MR) is 77.9 cm³/mol. The van der Waals surface area contributed by atoms with E-state index in [4.69, 9.17) is 21.8 Å². The van der Waals surface area contributed by atoms with Crippen molar-refractivity contribution in [3.8, 4) is 0 Å². The first-order valence-electron chi connectivity index (χ1n) is 5.74. The fraction of sp³-hybridized carbons (Fsp3) is 0.0667. The summed E-state index contributed by atoms with van der Waals surface area (Å²) in [7, 11) is 0. The van der Waals surface area contributed by atoms with Crippen LogP contribution in [0.2, 0.25) is 5.02 Å². The fourth-order valence-corrected chi connectivity index (χ4v) is 2.53. The number of halogens is 1. The highest BCUT2D eigenvalue weighted by molar-refractivity contribution is 6.38. The molecule has 3 rings (SSSR count). The van der Waals surface area contributed by atoms with Gasteiger partial charge in [-0.05, 0) is 19.1 Å². The Balaban J connectivity index is 2.57. The number of anilines is 1. The molecule has 2 aromatic carbocycles. The number of hydrogen-bond acceptors (Lipinski definition) is 2. The zero-order chi connectivity index (χ0) is 12.7. The Hall–Kier alpha value is -1.93. The summed E-state index contributed by atoms with van der Waals surface area (Å²) in [6.07, 6.45) is 3.88. The van der Waals surface area contributed by atoms with Gasteiger partial charge in [0.25, 0.3) is 0 Å². The zero-order valence-corrected chi connectivity index (χ0v) is 10.7. The van der Waals surface area contributed by atoms with Crippen LogP contribution in [0, 0.1) is 0 Å². The van der Waals surface area contributed by atoms with Crippen molar-refractivity contribution in [2.45, 2.75) is 6.92 Å². The number of hydrogen-bond donors (Lipinski definition) is 1. The summed E-state index contributed by atoms with van der Waals surface area (Å²) in [5.74, 6) is 0. The fourth-order valence-electron chi connectivity index (χ4n) is 2.23. The van der Waals surface area contributed by atoms with Crippen LogP contribution in [-0.4, -0.2) is 0 Å². The van der Waals surface area contributed by atoms with E-state index in [9.17, 15) is 0 Å². The highest BCUT2D eigenvalue weighted by Gasteiger charge is 2.15. The van der Waals surface area contributed by atoms with E-state index < -0.39 is 0 Å². The molecule has 0 radical (unpaired) electrons. The van der Waals surface area contributed by atoms with E-state index in [1.165, 1.54) is 0 Å². The molecule has 0 aliphatic carbocycles. The lowest BCUT2D eigenvalue weighted by Gasteiger charge is -2.03. The maximum atomic E-state index is 6.29. The second-order valence-electron chi connectivity index (χ2n) is 4.16. The van der Waals surface area contributed by atoms with Crippen molar-refractivity contribution >= 4 is 45.3 Å². The molecule has 2 nitrogen and oxygen atoms in total. The largest absolute Gasteiger partial charge is 0.455 e. The average Bonchev–Trinajstić information content (AvgIpc) is 2.73.